The van der Waals surface area contributed by atoms with Crippen LogP contribution >= 0.6 is 23.1 Å². The number of nitrogens with zero attached hydrogens (tertiary/aromatic N) is 1. The summed E-state index contributed by atoms with van der Waals surface area (Å²) in [4.78, 5) is 58.2. The van der Waals surface area contributed by atoms with Crippen LogP contribution < -0.4 is 16.0 Å². The number of thiophene rings is 1. The van der Waals surface area contributed by atoms with Crippen LogP contribution in [0.25, 0.3) is 17.2 Å². The summed E-state index contributed by atoms with van der Waals surface area (Å²) >= 11 is 2.80. The van der Waals surface area contributed by atoms with Crippen molar-refractivity contribution < 1.29 is 23.9 Å². The van der Waals surface area contributed by atoms with Crippen molar-refractivity contribution in [1.82, 2.24) is 10.2 Å². The smallest absolute Gasteiger partial charge is 0.341 e. The summed E-state index contributed by atoms with van der Waals surface area (Å²) in [6, 6.07) is 44.0. The van der Waals surface area contributed by atoms with Gasteiger partial charge in [0.2, 0.25) is 5.91 Å². The van der Waals surface area contributed by atoms with E-state index in [1.165, 1.54) is 35.8 Å². The summed E-state index contributed by atoms with van der Waals surface area (Å²) in [7, 11) is 1.36. The lowest BCUT2D eigenvalue weighted by Gasteiger charge is -2.27. The van der Waals surface area contributed by atoms with Crippen molar-refractivity contribution in [1.29, 1.82) is 0 Å². The van der Waals surface area contributed by atoms with Crippen LogP contribution in [0.2, 0.25) is 0 Å². The Morgan fingerprint density at radius 2 is 1.49 bits per heavy atom. The summed E-state index contributed by atoms with van der Waals surface area (Å²) in [6.45, 7) is 4.19. The third kappa shape index (κ3) is 10.4. The predicted molar refractivity (Wildman–Crippen MR) is 237 cm³/mol. The summed E-state index contributed by atoms with van der Waals surface area (Å²) in [5.41, 5.74) is 6.39. The summed E-state index contributed by atoms with van der Waals surface area (Å²) in [5, 5.41) is 8.82. The number of carbonyl (C=O) groups excluding carboxylic acids is 4. The zero-order valence-corrected chi connectivity index (χ0v) is 34.4. The lowest BCUT2D eigenvalue weighted by atomic mass is 10.0. The fourth-order valence-corrected chi connectivity index (χ4v) is 9.17. The van der Waals surface area contributed by atoms with E-state index in [0.717, 1.165) is 45.1 Å². The first-order valence-corrected chi connectivity index (χ1v) is 21.1. The molecule has 0 fully saturated rings. The molecule has 1 aliphatic heterocycles. The molecule has 0 bridgehead atoms. The molecule has 0 aliphatic carbocycles. The Hall–Kier alpha value is -6.27. The molecule has 0 saturated heterocycles. The molecule has 5 aromatic carbocycles. The maximum atomic E-state index is 13.9. The number of hydrogen-bond acceptors (Lipinski definition) is 8. The number of amides is 3. The topological polar surface area (TPSA) is 117 Å². The van der Waals surface area contributed by atoms with Crippen molar-refractivity contribution in [3.63, 3.8) is 0 Å². The number of methoxy groups -OCH3 is 1. The highest BCUT2D eigenvalue weighted by atomic mass is 32.2. The normalized spacial score (nSPS) is 13.2. The van der Waals surface area contributed by atoms with E-state index in [-0.39, 0.29) is 11.6 Å². The Kier molecular flexibility index (Phi) is 13.5. The quantitative estimate of drug-likeness (QED) is 0.0570. The Morgan fingerprint density at radius 3 is 2.19 bits per heavy atom. The molecule has 3 amide bonds. The number of ether oxygens (including phenoxy) is 1. The van der Waals surface area contributed by atoms with Crippen molar-refractivity contribution in [3.8, 4) is 11.1 Å². The van der Waals surface area contributed by atoms with Gasteiger partial charge in [-0.25, -0.2) is 4.79 Å². The number of hydrogen-bond donors (Lipinski definition) is 3. The Morgan fingerprint density at radius 1 is 0.814 bits per heavy atom. The van der Waals surface area contributed by atoms with Crippen LogP contribution in [-0.2, 0) is 33.8 Å². The Labute approximate surface area is 352 Å². The number of rotatable bonds is 14. The minimum absolute atomic E-state index is 0.0680. The highest BCUT2D eigenvalue weighted by Gasteiger charge is 2.31. The van der Waals surface area contributed by atoms with Crippen molar-refractivity contribution in [2.75, 3.05) is 24.3 Å². The molecule has 7 rings (SSSR count). The molecule has 2 heterocycles. The molecule has 0 radical (unpaired) electrons. The van der Waals surface area contributed by atoms with Gasteiger partial charge in [-0.15, -0.1) is 23.1 Å². The van der Waals surface area contributed by atoms with E-state index in [1.807, 2.05) is 91.9 Å². The monoisotopic (exact) mass is 820 g/mol. The fourth-order valence-electron chi connectivity index (χ4n) is 6.88. The SMILES string of the molecule is CCC(Sc1cccc(NC(=O)/C(=C\c2ccc(-c3ccccc3)cc2)NC(=O)c2ccccc2)c1)C(=O)Nc1sc2c(c1C(=O)OC)CCN(Cc1ccccc1)C2. The maximum absolute atomic E-state index is 13.9. The lowest BCUT2D eigenvalue weighted by molar-refractivity contribution is -0.116. The second kappa shape index (κ2) is 19.5. The molecule has 59 heavy (non-hydrogen) atoms. The lowest BCUT2D eigenvalue weighted by Crippen LogP contribution is -2.30. The molecule has 3 N–H and O–H groups in total. The molecule has 1 aromatic heterocycles. The third-order valence-electron chi connectivity index (χ3n) is 9.90. The predicted octanol–water partition coefficient (Wildman–Crippen LogP) is 9.68. The molecule has 1 unspecified atom stereocenters. The molecule has 11 heteroatoms. The molecule has 1 atom stereocenters. The zero-order chi connectivity index (χ0) is 41.1. The second-order valence-electron chi connectivity index (χ2n) is 14.0. The van der Waals surface area contributed by atoms with Crippen molar-refractivity contribution >= 4 is 63.6 Å². The third-order valence-corrected chi connectivity index (χ3v) is 12.4. The van der Waals surface area contributed by atoms with E-state index in [9.17, 15) is 19.2 Å². The summed E-state index contributed by atoms with van der Waals surface area (Å²) in [5.74, 6) is -1.62. The number of esters is 1. The van der Waals surface area contributed by atoms with Crippen LogP contribution in [-0.4, -0.2) is 47.5 Å². The maximum Gasteiger partial charge on any atom is 0.341 e. The number of anilines is 2. The summed E-state index contributed by atoms with van der Waals surface area (Å²) in [6.07, 6.45) is 2.84. The average molecular weight is 821 g/mol. The van der Waals surface area contributed by atoms with Gasteiger partial charge in [0.05, 0.1) is 17.9 Å². The number of fused-ring (bicyclic) bond motifs is 1. The van der Waals surface area contributed by atoms with Crippen LogP contribution in [0.15, 0.2) is 150 Å². The van der Waals surface area contributed by atoms with E-state index in [2.05, 4.69) is 33.0 Å². The highest BCUT2D eigenvalue weighted by molar-refractivity contribution is 8.00. The van der Waals surface area contributed by atoms with Crippen molar-refractivity contribution in [3.05, 3.63) is 178 Å². The minimum Gasteiger partial charge on any atom is -0.465 e. The van der Waals surface area contributed by atoms with E-state index in [0.29, 0.717) is 41.2 Å². The average Bonchev–Trinajstić information content (AvgIpc) is 3.63. The molecule has 1 aliphatic rings. The molecule has 9 nitrogen and oxygen atoms in total. The van der Waals surface area contributed by atoms with E-state index in [1.54, 1.807) is 48.5 Å². The van der Waals surface area contributed by atoms with Crippen LogP contribution in [0.1, 0.15) is 55.6 Å². The van der Waals surface area contributed by atoms with E-state index < -0.39 is 23.0 Å². The van der Waals surface area contributed by atoms with Gasteiger partial charge in [-0.2, -0.15) is 0 Å². The zero-order valence-electron chi connectivity index (χ0n) is 32.8. The molecular formula is C48H44N4O5S2. The number of carbonyl (C=O) groups is 4. The summed E-state index contributed by atoms with van der Waals surface area (Å²) < 4.78 is 5.18. The highest BCUT2D eigenvalue weighted by Crippen LogP contribution is 2.39. The van der Waals surface area contributed by atoms with Gasteiger partial charge in [0.1, 0.15) is 10.7 Å². The van der Waals surface area contributed by atoms with Gasteiger partial charge in [-0.3, -0.25) is 19.3 Å². The van der Waals surface area contributed by atoms with Crippen LogP contribution in [0.4, 0.5) is 10.7 Å². The fraction of sp³-hybridized carbons (Fsp3) is 0.167. The van der Waals surface area contributed by atoms with Gasteiger partial charge in [0, 0.05) is 40.7 Å². The van der Waals surface area contributed by atoms with Gasteiger partial charge in [-0.05, 0) is 77.1 Å². The van der Waals surface area contributed by atoms with Gasteiger partial charge >= 0.3 is 5.97 Å². The molecule has 6 aromatic rings. The van der Waals surface area contributed by atoms with E-state index >= 15 is 0 Å². The Balaban J connectivity index is 1.05. The number of thioether (sulfide) groups is 1. The van der Waals surface area contributed by atoms with Crippen LogP contribution in [0.5, 0.6) is 0 Å². The standard InChI is InChI=1S/C48H44N4O5S2/c1-3-41(46(55)51-47-43(48(56)57-2)39-26-27-52(31-42(39)59-47)30-33-14-7-4-8-15-33)58-38-21-13-20-37(29-38)49-45(54)40(50-44(53)36-18-11-6-12-19-36)28-32-22-24-35(25-23-32)34-16-9-5-10-17-34/h4-25,28-29,41H,3,26-27,30-31H2,1-2H3,(H,49,54)(H,50,53)(H,51,55)/b40-28+. The largest absolute Gasteiger partial charge is 0.465 e. The minimum atomic E-state index is -0.507. The molecular weight excluding hydrogens is 777 g/mol. The van der Waals surface area contributed by atoms with Gasteiger partial charge in [-0.1, -0.05) is 116 Å². The van der Waals surface area contributed by atoms with E-state index in [4.69, 9.17) is 4.74 Å². The van der Waals surface area contributed by atoms with Crippen molar-refractivity contribution in [2.24, 2.45) is 0 Å². The first-order valence-electron chi connectivity index (χ1n) is 19.4. The molecule has 0 spiro atoms. The first kappa shape index (κ1) is 40.9. The number of benzene rings is 5. The van der Waals surface area contributed by atoms with Crippen molar-refractivity contribution in [2.45, 2.75) is 43.0 Å². The van der Waals surface area contributed by atoms with Crippen LogP contribution in [0, 0.1) is 0 Å². The van der Waals surface area contributed by atoms with Crippen LogP contribution in [0.3, 0.4) is 0 Å². The molecule has 298 valence electrons. The van der Waals surface area contributed by atoms with Gasteiger partial charge in [0.25, 0.3) is 11.8 Å². The van der Waals surface area contributed by atoms with Gasteiger partial charge < -0.3 is 20.7 Å². The Bertz CT molecular complexity index is 2450. The number of nitrogens with one attached hydrogen (secondary N) is 3. The second-order valence-corrected chi connectivity index (χ2v) is 16.4. The first-order chi connectivity index (χ1) is 28.8. The van der Waals surface area contributed by atoms with Gasteiger partial charge in [0.15, 0.2) is 0 Å². The molecule has 0 saturated carbocycles.